The lowest BCUT2D eigenvalue weighted by molar-refractivity contribution is -0.136. The number of fused-ring (bicyclic) bond motifs is 1. The van der Waals surface area contributed by atoms with Gasteiger partial charge < -0.3 is 24.4 Å². The van der Waals surface area contributed by atoms with Gasteiger partial charge in [-0.3, -0.25) is 9.69 Å². The first-order chi connectivity index (χ1) is 16.6. The predicted octanol–water partition coefficient (Wildman–Crippen LogP) is 2.19. The maximum atomic E-state index is 12.1. The molecule has 2 aliphatic rings. The average molecular weight is 484 g/mol. The number of morpholine rings is 1. The molecule has 1 aromatic carbocycles. The summed E-state index contributed by atoms with van der Waals surface area (Å²) < 4.78 is 11.6. The molecule has 0 bridgehead atoms. The Balaban J connectivity index is 1.40. The van der Waals surface area contributed by atoms with E-state index in [1.54, 1.807) is 30.6 Å². The molecule has 9 nitrogen and oxygen atoms in total. The van der Waals surface area contributed by atoms with Crippen molar-refractivity contribution >= 4 is 33.3 Å². The second-order valence-corrected chi connectivity index (χ2v) is 9.67. The number of carbonyl (C=O) groups is 1. The van der Waals surface area contributed by atoms with Gasteiger partial charge in [-0.05, 0) is 18.2 Å². The molecule has 2 aromatic heterocycles. The number of hydrogen-bond donors (Lipinski definition) is 1. The molecule has 2 fully saturated rings. The van der Waals surface area contributed by atoms with Crippen molar-refractivity contribution < 1.29 is 19.4 Å². The summed E-state index contributed by atoms with van der Waals surface area (Å²) in [5.74, 6) is 1.79. The summed E-state index contributed by atoms with van der Waals surface area (Å²) in [4.78, 5) is 29.6. The van der Waals surface area contributed by atoms with Crippen molar-refractivity contribution in [3.8, 4) is 17.1 Å². The summed E-state index contributed by atoms with van der Waals surface area (Å²) in [5.41, 5.74) is 1.71. The number of carbonyl (C=O) groups excluding carboxylic acids is 1. The molecule has 180 valence electrons. The lowest BCUT2D eigenvalue weighted by atomic mass is 10.2. The Hall–Kier alpha value is -2.79. The van der Waals surface area contributed by atoms with E-state index in [0.717, 1.165) is 54.3 Å². The van der Waals surface area contributed by atoms with Gasteiger partial charge in [0.25, 0.3) is 0 Å². The molecule has 3 aromatic rings. The molecular weight excluding hydrogens is 454 g/mol. The highest BCUT2D eigenvalue weighted by Crippen LogP contribution is 2.35. The molecule has 0 radical (unpaired) electrons. The summed E-state index contributed by atoms with van der Waals surface area (Å²) in [6, 6.07) is 9.22. The fraction of sp³-hybridized carbons (Fsp3) is 0.458. The van der Waals surface area contributed by atoms with Gasteiger partial charge >= 0.3 is 0 Å². The van der Waals surface area contributed by atoms with Crippen LogP contribution in [-0.4, -0.2) is 97.0 Å². The maximum Gasteiger partial charge on any atom is 0.248 e. The van der Waals surface area contributed by atoms with Crippen LogP contribution in [0.15, 0.2) is 30.3 Å². The zero-order chi connectivity index (χ0) is 23.5. The number of hydrogen-bond acceptors (Lipinski definition) is 9. The number of aromatic hydroxyl groups is 1. The zero-order valence-corrected chi connectivity index (χ0v) is 20.1. The number of phenolic OH excluding ortho intramolecular Hbond substituents is 1. The highest BCUT2D eigenvalue weighted by Gasteiger charge is 2.23. The third-order valence-corrected chi connectivity index (χ3v) is 7.30. The molecule has 34 heavy (non-hydrogen) atoms. The number of thiophene rings is 1. The van der Waals surface area contributed by atoms with E-state index in [4.69, 9.17) is 19.4 Å². The van der Waals surface area contributed by atoms with Crippen molar-refractivity contribution in [1.82, 2.24) is 19.8 Å². The van der Waals surface area contributed by atoms with Crippen LogP contribution in [0, 0.1) is 0 Å². The van der Waals surface area contributed by atoms with Crippen molar-refractivity contribution in [2.24, 2.45) is 0 Å². The van der Waals surface area contributed by atoms with E-state index >= 15 is 0 Å². The Kier molecular flexibility index (Phi) is 6.91. The summed E-state index contributed by atoms with van der Waals surface area (Å²) >= 11 is 1.73. The number of amides is 1. The highest BCUT2D eigenvalue weighted by molar-refractivity contribution is 7.19. The number of anilines is 1. The topological polar surface area (TPSA) is 91.3 Å². The Morgan fingerprint density at radius 3 is 2.65 bits per heavy atom. The molecule has 0 spiro atoms. The normalized spacial score (nSPS) is 17.4. The van der Waals surface area contributed by atoms with E-state index in [9.17, 15) is 9.90 Å². The number of benzene rings is 1. The minimum atomic E-state index is 0.0499. The summed E-state index contributed by atoms with van der Waals surface area (Å²) in [6.07, 6.45) is 0. The first-order valence-corrected chi connectivity index (χ1v) is 12.3. The molecule has 0 aliphatic carbocycles. The van der Waals surface area contributed by atoms with E-state index in [2.05, 4.69) is 15.9 Å². The first-order valence-electron chi connectivity index (χ1n) is 11.5. The number of nitrogens with zero attached hydrogens (tertiary/aromatic N) is 5. The van der Waals surface area contributed by atoms with Crippen molar-refractivity contribution in [1.29, 1.82) is 0 Å². The van der Waals surface area contributed by atoms with Crippen molar-refractivity contribution in [2.75, 3.05) is 71.1 Å². The second kappa shape index (κ2) is 10.2. The van der Waals surface area contributed by atoms with E-state index in [1.807, 2.05) is 17.0 Å². The van der Waals surface area contributed by atoms with Crippen LogP contribution in [0.2, 0.25) is 0 Å². The molecule has 2 aliphatic heterocycles. The number of ether oxygens (including phenoxy) is 2. The Bertz CT molecular complexity index is 1160. The first kappa shape index (κ1) is 23.0. The van der Waals surface area contributed by atoms with Crippen LogP contribution in [-0.2, 0) is 20.8 Å². The van der Waals surface area contributed by atoms with Crippen LogP contribution in [0.3, 0.4) is 0 Å². The summed E-state index contributed by atoms with van der Waals surface area (Å²) in [7, 11) is 1.55. The van der Waals surface area contributed by atoms with Gasteiger partial charge in [0.2, 0.25) is 5.91 Å². The van der Waals surface area contributed by atoms with Crippen LogP contribution >= 0.6 is 11.3 Å². The molecule has 0 atom stereocenters. The van der Waals surface area contributed by atoms with Crippen molar-refractivity contribution in [3.63, 3.8) is 0 Å². The van der Waals surface area contributed by atoms with Crippen LogP contribution in [0.1, 0.15) is 4.88 Å². The molecular formula is C24H29N5O4S. The molecule has 0 saturated carbocycles. The Morgan fingerprint density at radius 2 is 1.91 bits per heavy atom. The number of aromatic nitrogens is 2. The minimum Gasteiger partial charge on any atom is -0.508 e. The monoisotopic (exact) mass is 483 g/mol. The SMILES string of the molecule is COCC(=O)N1CCN(Cc2cc3nc(-c4cccc(O)c4)nc(N4CCOCC4)c3s2)CC1. The van der Waals surface area contributed by atoms with Crippen LogP contribution in [0.25, 0.3) is 21.6 Å². The van der Waals surface area contributed by atoms with E-state index in [-0.39, 0.29) is 18.3 Å². The highest BCUT2D eigenvalue weighted by atomic mass is 32.1. The Labute approximate surface area is 202 Å². The van der Waals surface area contributed by atoms with Gasteiger partial charge in [0.15, 0.2) is 11.6 Å². The van der Waals surface area contributed by atoms with Crippen molar-refractivity contribution in [3.05, 3.63) is 35.2 Å². The molecule has 1 amide bonds. The third kappa shape index (κ3) is 5.00. The van der Waals surface area contributed by atoms with Gasteiger partial charge in [0.05, 0.1) is 23.4 Å². The van der Waals surface area contributed by atoms with E-state index in [0.29, 0.717) is 32.1 Å². The van der Waals surface area contributed by atoms with Gasteiger partial charge in [-0.25, -0.2) is 9.97 Å². The Morgan fingerprint density at radius 1 is 1.12 bits per heavy atom. The van der Waals surface area contributed by atoms with Gasteiger partial charge in [-0.15, -0.1) is 11.3 Å². The molecule has 1 N–H and O–H groups in total. The van der Waals surface area contributed by atoms with E-state index < -0.39 is 0 Å². The smallest absolute Gasteiger partial charge is 0.248 e. The quantitative estimate of drug-likeness (QED) is 0.571. The van der Waals surface area contributed by atoms with Crippen LogP contribution in [0.4, 0.5) is 5.82 Å². The van der Waals surface area contributed by atoms with Crippen molar-refractivity contribution in [2.45, 2.75) is 6.54 Å². The zero-order valence-electron chi connectivity index (χ0n) is 19.3. The largest absolute Gasteiger partial charge is 0.508 e. The maximum absolute atomic E-state index is 12.1. The molecule has 4 heterocycles. The molecule has 2 saturated heterocycles. The lowest BCUT2D eigenvalue weighted by Gasteiger charge is -2.34. The lowest BCUT2D eigenvalue weighted by Crippen LogP contribution is -2.49. The minimum absolute atomic E-state index is 0.0499. The number of methoxy groups -OCH3 is 1. The van der Waals surface area contributed by atoms with Crippen LogP contribution < -0.4 is 4.90 Å². The third-order valence-electron chi connectivity index (χ3n) is 6.19. The average Bonchev–Trinajstić information content (AvgIpc) is 3.27. The number of piperazine rings is 1. The summed E-state index contributed by atoms with van der Waals surface area (Å²) in [6.45, 7) is 6.99. The van der Waals surface area contributed by atoms with Gasteiger partial charge in [-0.1, -0.05) is 12.1 Å². The van der Waals surface area contributed by atoms with Gasteiger partial charge in [0, 0.05) is 63.4 Å². The van der Waals surface area contributed by atoms with Gasteiger partial charge in [0.1, 0.15) is 12.4 Å². The van der Waals surface area contributed by atoms with Gasteiger partial charge in [-0.2, -0.15) is 0 Å². The fourth-order valence-corrected chi connectivity index (χ4v) is 5.55. The molecule has 0 unspecified atom stereocenters. The fourth-order valence-electron chi connectivity index (χ4n) is 4.40. The predicted molar refractivity (Wildman–Crippen MR) is 131 cm³/mol. The standard InChI is InChI=1S/C24H29N5O4S/c1-32-16-21(31)28-7-5-27(6-8-28)15-19-14-20-22(34-19)24(29-9-11-33-12-10-29)26-23(25-20)17-3-2-4-18(30)13-17/h2-4,13-14,30H,5-12,15-16H2,1H3. The molecule has 10 heteroatoms. The van der Waals surface area contributed by atoms with Crippen LogP contribution in [0.5, 0.6) is 5.75 Å². The number of rotatable bonds is 6. The van der Waals surface area contributed by atoms with E-state index in [1.165, 1.54) is 4.88 Å². The number of phenols is 1. The second-order valence-electron chi connectivity index (χ2n) is 8.54. The summed E-state index contributed by atoms with van der Waals surface area (Å²) in [5, 5.41) is 9.96. The molecule has 5 rings (SSSR count).